The maximum absolute atomic E-state index is 13.2. The average Bonchev–Trinajstić information content (AvgIpc) is 3.48. The van der Waals surface area contributed by atoms with Gasteiger partial charge in [-0.15, -0.1) is 0 Å². The fraction of sp³-hybridized carbons (Fsp3) is 0.385. The third-order valence-corrected chi connectivity index (χ3v) is 6.88. The van der Waals surface area contributed by atoms with Crippen molar-refractivity contribution in [1.29, 1.82) is 0 Å². The van der Waals surface area contributed by atoms with Gasteiger partial charge in [0.05, 0.1) is 18.8 Å². The number of aromatic amines is 1. The number of hydrogen-bond donors (Lipinski definition) is 3. The Morgan fingerprint density at radius 3 is 2.43 bits per heavy atom. The summed E-state index contributed by atoms with van der Waals surface area (Å²) in [4.78, 5) is 19.6. The third kappa shape index (κ3) is 4.88. The Bertz CT molecular complexity index is 1140. The number of nitrogens with zero attached hydrogens (tertiary/aromatic N) is 4. The highest BCUT2D eigenvalue weighted by atomic mass is 16.5. The standard InChI is InChI=1S/C26H32N6O3/c1-30-12-14-31(15-13-30)20-10-8-19(9-11-20)25(33)27-24-21-16-32(17-22(21)28-29-24)26(34)23(35-2)18-6-4-3-5-7-18/h3-11,23,25,33H,12-17H2,1-2H3,(H2,27,28,29). The van der Waals surface area contributed by atoms with E-state index in [4.69, 9.17) is 4.74 Å². The molecule has 1 aromatic heterocycles. The van der Waals surface area contributed by atoms with Crippen molar-refractivity contribution >= 4 is 17.4 Å². The van der Waals surface area contributed by atoms with Gasteiger partial charge in [0, 0.05) is 50.1 Å². The summed E-state index contributed by atoms with van der Waals surface area (Å²) < 4.78 is 5.52. The molecule has 184 valence electrons. The first-order valence-electron chi connectivity index (χ1n) is 11.9. The number of nitrogens with one attached hydrogen (secondary N) is 2. The molecule has 0 saturated carbocycles. The van der Waals surface area contributed by atoms with Gasteiger partial charge in [0.1, 0.15) is 0 Å². The molecule has 0 spiro atoms. The van der Waals surface area contributed by atoms with E-state index in [1.165, 1.54) is 0 Å². The van der Waals surface area contributed by atoms with Crippen LogP contribution in [0.5, 0.6) is 0 Å². The smallest absolute Gasteiger partial charge is 0.256 e. The van der Waals surface area contributed by atoms with Crippen LogP contribution in [0.25, 0.3) is 0 Å². The Kier molecular flexibility index (Phi) is 6.72. The topological polar surface area (TPSA) is 97.0 Å². The number of aliphatic hydroxyl groups excluding tert-OH is 1. The number of amides is 1. The van der Waals surface area contributed by atoms with Gasteiger partial charge in [-0.25, -0.2) is 0 Å². The van der Waals surface area contributed by atoms with Crippen molar-refractivity contribution in [3.63, 3.8) is 0 Å². The molecule has 35 heavy (non-hydrogen) atoms. The van der Waals surface area contributed by atoms with Crippen LogP contribution in [0.3, 0.4) is 0 Å². The number of benzene rings is 2. The molecule has 1 amide bonds. The number of likely N-dealkylation sites (N-methyl/N-ethyl adjacent to an activating group) is 1. The number of methoxy groups -OCH3 is 1. The Labute approximate surface area is 205 Å². The lowest BCUT2D eigenvalue weighted by atomic mass is 10.1. The minimum atomic E-state index is -0.912. The number of aromatic nitrogens is 2. The van der Waals surface area contributed by atoms with Crippen LogP contribution in [0.2, 0.25) is 0 Å². The summed E-state index contributed by atoms with van der Waals surface area (Å²) >= 11 is 0. The number of ether oxygens (including phenoxy) is 1. The number of fused-ring (bicyclic) bond motifs is 1. The van der Waals surface area contributed by atoms with Gasteiger partial charge in [-0.2, -0.15) is 5.10 Å². The third-order valence-electron chi connectivity index (χ3n) is 6.88. The Balaban J connectivity index is 1.23. The summed E-state index contributed by atoms with van der Waals surface area (Å²) in [6.45, 7) is 4.91. The highest BCUT2D eigenvalue weighted by molar-refractivity contribution is 5.83. The molecule has 0 radical (unpaired) electrons. The van der Waals surface area contributed by atoms with Crippen molar-refractivity contribution in [2.45, 2.75) is 25.4 Å². The monoisotopic (exact) mass is 476 g/mol. The van der Waals surface area contributed by atoms with E-state index in [9.17, 15) is 9.90 Å². The minimum Gasteiger partial charge on any atom is -0.369 e. The molecule has 0 bridgehead atoms. The maximum atomic E-state index is 13.2. The molecule has 9 nitrogen and oxygen atoms in total. The molecule has 2 aliphatic heterocycles. The minimum absolute atomic E-state index is 0.103. The van der Waals surface area contributed by atoms with Crippen molar-refractivity contribution in [2.75, 3.05) is 50.6 Å². The van der Waals surface area contributed by atoms with Gasteiger partial charge in [-0.1, -0.05) is 42.5 Å². The predicted molar refractivity (Wildman–Crippen MR) is 134 cm³/mol. The number of piperazine rings is 1. The number of carbonyl (C=O) groups is 1. The molecule has 1 saturated heterocycles. The fourth-order valence-corrected chi connectivity index (χ4v) is 4.73. The zero-order chi connectivity index (χ0) is 24.4. The van der Waals surface area contributed by atoms with Gasteiger partial charge in [0.15, 0.2) is 18.1 Å². The van der Waals surface area contributed by atoms with Gasteiger partial charge in [0.2, 0.25) is 0 Å². The van der Waals surface area contributed by atoms with E-state index in [0.717, 1.165) is 54.3 Å². The number of H-pyrrole nitrogens is 1. The Hall–Kier alpha value is -3.40. The maximum Gasteiger partial charge on any atom is 0.256 e. The number of anilines is 2. The molecule has 0 aliphatic carbocycles. The Morgan fingerprint density at radius 1 is 1.03 bits per heavy atom. The number of hydrogen-bond acceptors (Lipinski definition) is 7. The van der Waals surface area contributed by atoms with Crippen LogP contribution in [0.1, 0.15) is 34.7 Å². The second-order valence-electron chi connectivity index (χ2n) is 9.18. The van der Waals surface area contributed by atoms with Crippen LogP contribution < -0.4 is 10.2 Å². The number of rotatable bonds is 7. The predicted octanol–water partition coefficient (Wildman–Crippen LogP) is 2.49. The molecular weight excluding hydrogens is 444 g/mol. The lowest BCUT2D eigenvalue weighted by Gasteiger charge is -2.34. The van der Waals surface area contributed by atoms with Crippen LogP contribution in [0, 0.1) is 0 Å². The molecule has 1 fully saturated rings. The second kappa shape index (κ2) is 10.1. The van der Waals surface area contributed by atoms with Gasteiger partial charge in [-0.3, -0.25) is 9.89 Å². The SMILES string of the molecule is COC(C(=O)N1Cc2[nH]nc(NC(O)c3ccc(N4CCN(C)CC4)cc3)c2C1)c1ccccc1. The normalized spacial score (nSPS) is 17.8. The van der Waals surface area contributed by atoms with Crippen LogP contribution in [-0.2, 0) is 22.6 Å². The van der Waals surface area contributed by atoms with Crippen molar-refractivity contribution in [1.82, 2.24) is 20.0 Å². The molecule has 5 rings (SSSR count). The molecule has 3 heterocycles. The molecule has 2 atom stereocenters. The van der Waals surface area contributed by atoms with Gasteiger partial charge in [0.25, 0.3) is 5.91 Å². The summed E-state index contributed by atoms with van der Waals surface area (Å²) in [5, 5.41) is 21.3. The zero-order valence-electron chi connectivity index (χ0n) is 20.1. The van der Waals surface area contributed by atoms with E-state index in [1.54, 1.807) is 12.0 Å². The molecule has 9 heteroatoms. The number of aliphatic hydroxyl groups is 1. The van der Waals surface area contributed by atoms with E-state index >= 15 is 0 Å². The second-order valence-corrected chi connectivity index (χ2v) is 9.18. The summed E-state index contributed by atoms with van der Waals surface area (Å²) in [6, 6.07) is 17.5. The first-order chi connectivity index (χ1) is 17.0. The first-order valence-corrected chi connectivity index (χ1v) is 11.9. The van der Waals surface area contributed by atoms with Crippen molar-refractivity contribution in [2.24, 2.45) is 0 Å². The summed E-state index contributed by atoms with van der Waals surface area (Å²) in [6.07, 6.45) is -1.57. The van der Waals surface area contributed by atoms with Crippen molar-refractivity contribution < 1.29 is 14.6 Å². The summed E-state index contributed by atoms with van der Waals surface area (Å²) in [5.41, 5.74) is 4.49. The quantitative estimate of drug-likeness (QED) is 0.451. The van der Waals surface area contributed by atoms with Gasteiger partial charge in [-0.05, 0) is 24.7 Å². The molecular formula is C26H32N6O3. The van der Waals surface area contributed by atoms with Crippen LogP contribution >= 0.6 is 0 Å². The summed E-state index contributed by atoms with van der Waals surface area (Å²) in [5.74, 6) is 0.453. The lowest BCUT2D eigenvalue weighted by Crippen LogP contribution is -2.44. The highest BCUT2D eigenvalue weighted by Crippen LogP contribution is 2.32. The molecule has 2 aromatic carbocycles. The van der Waals surface area contributed by atoms with Crippen LogP contribution in [0.4, 0.5) is 11.5 Å². The largest absolute Gasteiger partial charge is 0.369 e. The zero-order valence-corrected chi connectivity index (χ0v) is 20.1. The van der Waals surface area contributed by atoms with E-state index in [2.05, 4.69) is 44.5 Å². The van der Waals surface area contributed by atoms with Crippen molar-refractivity contribution in [3.05, 3.63) is 77.0 Å². The molecule has 2 aliphatic rings. The van der Waals surface area contributed by atoms with E-state index in [0.29, 0.717) is 18.9 Å². The van der Waals surface area contributed by atoms with Crippen LogP contribution in [0.15, 0.2) is 54.6 Å². The first kappa shape index (κ1) is 23.3. The fourth-order valence-electron chi connectivity index (χ4n) is 4.73. The average molecular weight is 477 g/mol. The van der Waals surface area contributed by atoms with Crippen LogP contribution in [-0.4, -0.2) is 71.3 Å². The van der Waals surface area contributed by atoms with E-state index < -0.39 is 12.3 Å². The molecule has 3 aromatic rings. The van der Waals surface area contributed by atoms with Gasteiger partial charge >= 0.3 is 0 Å². The van der Waals surface area contributed by atoms with E-state index in [-0.39, 0.29) is 5.91 Å². The summed E-state index contributed by atoms with van der Waals surface area (Å²) in [7, 11) is 3.69. The Morgan fingerprint density at radius 2 is 1.74 bits per heavy atom. The molecule has 3 N–H and O–H groups in total. The lowest BCUT2D eigenvalue weighted by molar-refractivity contribution is -0.143. The van der Waals surface area contributed by atoms with Gasteiger partial charge < -0.3 is 29.9 Å². The molecule has 2 unspecified atom stereocenters. The van der Waals surface area contributed by atoms with E-state index in [1.807, 2.05) is 42.5 Å². The highest BCUT2D eigenvalue weighted by Gasteiger charge is 2.33. The number of carbonyl (C=O) groups excluding carboxylic acids is 1. The van der Waals surface area contributed by atoms with Crippen molar-refractivity contribution in [3.8, 4) is 0 Å².